The molecule has 3 N–H and O–H groups in total. The van der Waals surface area contributed by atoms with Crippen molar-refractivity contribution in [3.05, 3.63) is 12.3 Å². The highest BCUT2D eigenvalue weighted by molar-refractivity contribution is 5.91. The third-order valence-corrected chi connectivity index (χ3v) is 2.47. The molecule has 0 unspecified atom stereocenters. The molecule has 14 heavy (non-hydrogen) atoms. The van der Waals surface area contributed by atoms with Crippen molar-refractivity contribution in [3.63, 3.8) is 0 Å². The van der Waals surface area contributed by atoms with Gasteiger partial charge in [-0.2, -0.15) is 5.10 Å². The van der Waals surface area contributed by atoms with Gasteiger partial charge < -0.3 is 10.6 Å². The predicted molar refractivity (Wildman–Crippen MR) is 52.8 cm³/mol. The molecule has 0 spiro atoms. The molecule has 5 nitrogen and oxygen atoms in total. The van der Waals surface area contributed by atoms with E-state index in [-0.39, 0.29) is 11.8 Å². The first kappa shape index (κ1) is 9.21. The van der Waals surface area contributed by atoms with Crippen molar-refractivity contribution in [2.24, 2.45) is 5.92 Å². The zero-order valence-electron chi connectivity index (χ0n) is 7.92. The van der Waals surface area contributed by atoms with Gasteiger partial charge in [-0.1, -0.05) is 0 Å². The van der Waals surface area contributed by atoms with Crippen molar-refractivity contribution in [2.45, 2.75) is 12.8 Å². The molecule has 1 aliphatic rings. The zero-order chi connectivity index (χ0) is 9.80. The molecule has 0 bridgehead atoms. The van der Waals surface area contributed by atoms with Crippen LogP contribution in [-0.4, -0.2) is 29.2 Å². The number of carbonyl (C=O) groups excluding carboxylic acids is 1. The van der Waals surface area contributed by atoms with Gasteiger partial charge in [-0.25, -0.2) is 0 Å². The number of H-pyrrole nitrogens is 1. The molecule has 2 rings (SSSR count). The maximum absolute atomic E-state index is 11.7. The van der Waals surface area contributed by atoms with E-state index in [2.05, 4.69) is 20.8 Å². The van der Waals surface area contributed by atoms with Gasteiger partial charge in [-0.3, -0.25) is 9.89 Å². The Hall–Kier alpha value is -1.36. The van der Waals surface area contributed by atoms with E-state index in [9.17, 15) is 4.79 Å². The lowest BCUT2D eigenvalue weighted by molar-refractivity contribution is -0.120. The number of aromatic nitrogens is 2. The molecule has 5 heteroatoms. The van der Waals surface area contributed by atoms with E-state index >= 15 is 0 Å². The van der Waals surface area contributed by atoms with Gasteiger partial charge in [-0.05, 0) is 25.9 Å². The molecule has 1 saturated heterocycles. The molecule has 0 radical (unpaired) electrons. The molecule has 0 saturated carbocycles. The van der Waals surface area contributed by atoms with Gasteiger partial charge in [0.2, 0.25) is 5.91 Å². The van der Waals surface area contributed by atoms with Gasteiger partial charge in [-0.15, -0.1) is 0 Å². The predicted octanol–water partition coefficient (Wildman–Crippen LogP) is 0.348. The number of nitrogens with one attached hydrogen (secondary N) is 3. The Morgan fingerprint density at radius 1 is 1.50 bits per heavy atom. The minimum atomic E-state index is 0.0933. The summed E-state index contributed by atoms with van der Waals surface area (Å²) in [5.74, 6) is 0.906. The van der Waals surface area contributed by atoms with E-state index in [0.717, 1.165) is 25.9 Å². The smallest absolute Gasteiger partial charge is 0.228 e. The van der Waals surface area contributed by atoms with Crippen LogP contribution < -0.4 is 10.6 Å². The van der Waals surface area contributed by atoms with Gasteiger partial charge >= 0.3 is 0 Å². The second-order valence-corrected chi connectivity index (χ2v) is 3.48. The third-order valence-electron chi connectivity index (χ3n) is 2.47. The molecule has 1 aromatic rings. The summed E-state index contributed by atoms with van der Waals surface area (Å²) < 4.78 is 0. The maximum atomic E-state index is 11.7. The molecule has 1 amide bonds. The van der Waals surface area contributed by atoms with Crippen LogP contribution >= 0.6 is 0 Å². The molecule has 1 aliphatic heterocycles. The number of rotatable bonds is 2. The molecular formula is C9H14N4O. The van der Waals surface area contributed by atoms with Gasteiger partial charge in [0.15, 0.2) is 0 Å². The number of hydrogen-bond donors (Lipinski definition) is 3. The van der Waals surface area contributed by atoms with E-state index in [1.165, 1.54) is 0 Å². The van der Waals surface area contributed by atoms with E-state index in [4.69, 9.17) is 0 Å². The van der Waals surface area contributed by atoms with Gasteiger partial charge in [0, 0.05) is 12.0 Å². The molecule has 1 fully saturated rings. The van der Waals surface area contributed by atoms with E-state index in [0.29, 0.717) is 5.82 Å². The Morgan fingerprint density at radius 2 is 2.29 bits per heavy atom. The van der Waals surface area contributed by atoms with Crippen molar-refractivity contribution in [3.8, 4) is 0 Å². The summed E-state index contributed by atoms with van der Waals surface area (Å²) in [5, 5.41) is 12.5. The molecular weight excluding hydrogens is 180 g/mol. The van der Waals surface area contributed by atoms with Gasteiger partial charge in [0.1, 0.15) is 5.82 Å². The zero-order valence-corrected chi connectivity index (χ0v) is 7.92. The van der Waals surface area contributed by atoms with E-state index in [1.807, 2.05) is 0 Å². The van der Waals surface area contributed by atoms with Crippen LogP contribution in [-0.2, 0) is 4.79 Å². The van der Waals surface area contributed by atoms with Crippen molar-refractivity contribution in [1.29, 1.82) is 0 Å². The third kappa shape index (κ3) is 2.11. The lowest BCUT2D eigenvalue weighted by atomic mass is 9.97. The van der Waals surface area contributed by atoms with E-state index in [1.54, 1.807) is 12.3 Å². The summed E-state index contributed by atoms with van der Waals surface area (Å²) in [6.07, 6.45) is 3.46. The molecule has 76 valence electrons. The van der Waals surface area contributed by atoms with Crippen LogP contribution in [0.3, 0.4) is 0 Å². The van der Waals surface area contributed by atoms with Crippen LogP contribution in [0.25, 0.3) is 0 Å². The topological polar surface area (TPSA) is 69.8 Å². The monoisotopic (exact) mass is 194 g/mol. The van der Waals surface area contributed by atoms with Crippen molar-refractivity contribution < 1.29 is 4.79 Å². The van der Waals surface area contributed by atoms with Crippen molar-refractivity contribution in [2.75, 3.05) is 18.4 Å². The van der Waals surface area contributed by atoms with Crippen molar-refractivity contribution in [1.82, 2.24) is 15.5 Å². The number of amides is 1. The fraction of sp³-hybridized carbons (Fsp3) is 0.556. The number of carbonyl (C=O) groups is 1. The fourth-order valence-corrected chi connectivity index (χ4v) is 1.64. The SMILES string of the molecule is O=C(Nc1ccn[nH]1)C1CCNCC1. The minimum absolute atomic E-state index is 0.0933. The highest BCUT2D eigenvalue weighted by Crippen LogP contribution is 2.13. The van der Waals surface area contributed by atoms with Gasteiger partial charge in [0.25, 0.3) is 0 Å². The van der Waals surface area contributed by atoms with Crippen LogP contribution in [0.2, 0.25) is 0 Å². The second-order valence-electron chi connectivity index (χ2n) is 3.48. The summed E-state index contributed by atoms with van der Waals surface area (Å²) in [6.45, 7) is 1.86. The quantitative estimate of drug-likeness (QED) is 0.636. The average molecular weight is 194 g/mol. The fourth-order valence-electron chi connectivity index (χ4n) is 1.64. The Morgan fingerprint density at radius 3 is 2.93 bits per heavy atom. The Kier molecular flexibility index (Phi) is 2.78. The normalized spacial score (nSPS) is 18.0. The number of piperidine rings is 1. The Balaban J connectivity index is 1.88. The summed E-state index contributed by atoms with van der Waals surface area (Å²) in [6, 6.07) is 1.75. The highest BCUT2D eigenvalue weighted by atomic mass is 16.1. The van der Waals surface area contributed by atoms with Gasteiger partial charge in [0.05, 0.1) is 6.20 Å². The molecule has 0 atom stereocenters. The molecule has 0 aromatic carbocycles. The maximum Gasteiger partial charge on any atom is 0.228 e. The Bertz CT molecular complexity index is 290. The number of nitrogens with zero attached hydrogens (tertiary/aromatic N) is 1. The largest absolute Gasteiger partial charge is 0.317 e. The summed E-state index contributed by atoms with van der Waals surface area (Å²) in [5.41, 5.74) is 0. The molecule has 2 heterocycles. The minimum Gasteiger partial charge on any atom is -0.317 e. The number of hydrogen-bond acceptors (Lipinski definition) is 3. The van der Waals surface area contributed by atoms with Crippen LogP contribution in [0.1, 0.15) is 12.8 Å². The first-order chi connectivity index (χ1) is 6.86. The lowest BCUT2D eigenvalue weighted by Gasteiger charge is -2.21. The first-order valence-corrected chi connectivity index (χ1v) is 4.87. The number of anilines is 1. The van der Waals surface area contributed by atoms with E-state index < -0.39 is 0 Å². The van der Waals surface area contributed by atoms with Crippen LogP contribution in [0.15, 0.2) is 12.3 Å². The number of aromatic amines is 1. The van der Waals surface area contributed by atoms with Crippen LogP contribution in [0.4, 0.5) is 5.82 Å². The van der Waals surface area contributed by atoms with Crippen LogP contribution in [0, 0.1) is 5.92 Å². The summed E-state index contributed by atoms with van der Waals surface area (Å²) >= 11 is 0. The summed E-state index contributed by atoms with van der Waals surface area (Å²) in [4.78, 5) is 11.7. The standard InChI is InChI=1S/C9H14N4O/c14-9(7-1-4-10-5-2-7)12-8-3-6-11-13-8/h3,6-7,10H,1-2,4-5H2,(H2,11,12,13,14). The highest BCUT2D eigenvalue weighted by Gasteiger charge is 2.20. The molecule has 0 aliphatic carbocycles. The summed E-state index contributed by atoms with van der Waals surface area (Å²) in [7, 11) is 0. The molecule has 1 aromatic heterocycles. The second kappa shape index (κ2) is 4.23. The average Bonchev–Trinajstić information content (AvgIpc) is 2.72. The van der Waals surface area contributed by atoms with Crippen LogP contribution in [0.5, 0.6) is 0 Å². The first-order valence-electron chi connectivity index (χ1n) is 4.87. The lowest BCUT2D eigenvalue weighted by Crippen LogP contribution is -2.34. The Labute approximate surface area is 82.3 Å². The van der Waals surface area contributed by atoms with Crippen molar-refractivity contribution >= 4 is 11.7 Å².